The lowest BCUT2D eigenvalue weighted by atomic mass is 9.91. The first-order valence-electron chi connectivity index (χ1n) is 6.00. The topological polar surface area (TPSA) is 24.9 Å². The van der Waals surface area contributed by atoms with Crippen LogP contribution >= 0.6 is 15.9 Å². The van der Waals surface area contributed by atoms with Crippen LogP contribution in [0, 0.1) is 5.92 Å². The van der Waals surface area contributed by atoms with Crippen molar-refractivity contribution in [2.24, 2.45) is 5.92 Å². The Kier molecular flexibility index (Phi) is 5.99. The van der Waals surface area contributed by atoms with Gasteiger partial charge in [0.2, 0.25) is 0 Å². The highest BCUT2D eigenvalue weighted by Crippen LogP contribution is 2.18. The average molecular weight is 285 g/mol. The molecule has 1 rings (SSSR count). The molecule has 1 heterocycles. The Bertz CT molecular complexity index is 315. The standard InChI is InChI=1S/C13H21BrN2/c1-4-12(10(3)16-5-2)6-11-7-13(14)9-15-8-11/h7-10,12,16H,4-6H2,1-3H3. The van der Waals surface area contributed by atoms with Crippen LogP contribution in [0.1, 0.15) is 32.8 Å². The van der Waals surface area contributed by atoms with Crippen LogP contribution in [0.25, 0.3) is 0 Å². The van der Waals surface area contributed by atoms with Crippen molar-refractivity contribution in [1.82, 2.24) is 10.3 Å². The van der Waals surface area contributed by atoms with E-state index in [0.717, 1.165) is 17.4 Å². The normalized spacial score (nSPS) is 14.8. The monoisotopic (exact) mass is 284 g/mol. The molecule has 0 spiro atoms. The van der Waals surface area contributed by atoms with Crippen LogP contribution in [0.4, 0.5) is 0 Å². The van der Waals surface area contributed by atoms with Gasteiger partial charge in [-0.2, -0.15) is 0 Å². The Morgan fingerprint density at radius 1 is 1.38 bits per heavy atom. The first kappa shape index (κ1) is 13.7. The van der Waals surface area contributed by atoms with E-state index in [1.807, 2.05) is 12.4 Å². The summed E-state index contributed by atoms with van der Waals surface area (Å²) in [7, 11) is 0. The molecule has 2 unspecified atom stereocenters. The van der Waals surface area contributed by atoms with E-state index in [9.17, 15) is 0 Å². The van der Waals surface area contributed by atoms with Crippen molar-refractivity contribution >= 4 is 15.9 Å². The summed E-state index contributed by atoms with van der Waals surface area (Å²) >= 11 is 3.46. The molecule has 0 saturated carbocycles. The van der Waals surface area contributed by atoms with Gasteiger partial charge in [-0.25, -0.2) is 0 Å². The molecular weight excluding hydrogens is 264 g/mol. The number of aromatic nitrogens is 1. The van der Waals surface area contributed by atoms with Gasteiger partial charge in [0.25, 0.3) is 0 Å². The number of rotatable bonds is 6. The Morgan fingerprint density at radius 2 is 2.12 bits per heavy atom. The quantitative estimate of drug-likeness (QED) is 0.866. The molecular formula is C13H21BrN2. The van der Waals surface area contributed by atoms with Gasteiger partial charge in [-0.1, -0.05) is 20.3 Å². The van der Waals surface area contributed by atoms with Gasteiger partial charge in [0.1, 0.15) is 0 Å². The SMILES string of the molecule is CCNC(C)C(CC)Cc1cncc(Br)c1. The summed E-state index contributed by atoms with van der Waals surface area (Å²) in [6.07, 6.45) is 6.09. The molecule has 1 N–H and O–H groups in total. The van der Waals surface area contributed by atoms with Gasteiger partial charge >= 0.3 is 0 Å². The highest BCUT2D eigenvalue weighted by molar-refractivity contribution is 9.10. The van der Waals surface area contributed by atoms with Gasteiger partial charge < -0.3 is 5.32 Å². The first-order chi connectivity index (χ1) is 7.67. The van der Waals surface area contributed by atoms with Gasteiger partial charge in [-0.05, 0) is 53.4 Å². The summed E-state index contributed by atoms with van der Waals surface area (Å²) in [5.41, 5.74) is 1.31. The molecule has 0 aromatic carbocycles. The van der Waals surface area contributed by atoms with E-state index >= 15 is 0 Å². The molecule has 16 heavy (non-hydrogen) atoms. The van der Waals surface area contributed by atoms with E-state index < -0.39 is 0 Å². The molecule has 0 aliphatic rings. The second-order valence-corrected chi connectivity index (χ2v) is 5.15. The fourth-order valence-corrected chi connectivity index (χ4v) is 2.45. The van der Waals surface area contributed by atoms with E-state index in [0.29, 0.717) is 12.0 Å². The van der Waals surface area contributed by atoms with Crippen LogP contribution in [0.2, 0.25) is 0 Å². The van der Waals surface area contributed by atoms with Crippen LogP contribution in [0.3, 0.4) is 0 Å². The predicted molar refractivity (Wildman–Crippen MR) is 72.6 cm³/mol. The molecule has 1 aromatic rings. The molecule has 0 bridgehead atoms. The van der Waals surface area contributed by atoms with Crippen LogP contribution in [-0.2, 0) is 6.42 Å². The Labute approximate surface area is 107 Å². The van der Waals surface area contributed by atoms with Crippen molar-refractivity contribution in [1.29, 1.82) is 0 Å². The van der Waals surface area contributed by atoms with Crippen molar-refractivity contribution in [3.63, 3.8) is 0 Å². The summed E-state index contributed by atoms with van der Waals surface area (Å²) in [5.74, 6) is 0.677. The minimum Gasteiger partial charge on any atom is -0.314 e. The minimum atomic E-state index is 0.564. The Hall–Kier alpha value is -0.410. The van der Waals surface area contributed by atoms with Crippen molar-refractivity contribution in [3.05, 3.63) is 28.5 Å². The van der Waals surface area contributed by atoms with E-state index in [4.69, 9.17) is 0 Å². The molecule has 3 heteroatoms. The van der Waals surface area contributed by atoms with Gasteiger partial charge in [0.15, 0.2) is 0 Å². The number of nitrogens with zero attached hydrogens (tertiary/aromatic N) is 1. The molecule has 0 saturated heterocycles. The van der Waals surface area contributed by atoms with Crippen molar-refractivity contribution < 1.29 is 0 Å². The zero-order valence-electron chi connectivity index (χ0n) is 10.3. The number of halogens is 1. The third-order valence-corrected chi connectivity index (χ3v) is 3.45. The lowest BCUT2D eigenvalue weighted by molar-refractivity contribution is 0.367. The third-order valence-electron chi connectivity index (χ3n) is 3.02. The van der Waals surface area contributed by atoms with Crippen LogP contribution in [0.15, 0.2) is 22.9 Å². The van der Waals surface area contributed by atoms with Crippen LogP contribution in [0.5, 0.6) is 0 Å². The number of pyridine rings is 1. The van der Waals surface area contributed by atoms with Crippen LogP contribution in [-0.4, -0.2) is 17.6 Å². The molecule has 2 atom stereocenters. The lowest BCUT2D eigenvalue weighted by Gasteiger charge is -2.23. The lowest BCUT2D eigenvalue weighted by Crippen LogP contribution is -2.34. The highest BCUT2D eigenvalue weighted by Gasteiger charge is 2.15. The summed E-state index contributed by atoms with van der Waals surface area (Å²) in [5, 5.41) is 3.50. The van der Waals surface area contributed by atoms with Crippen molar-refractivity contribution in [2.75, 3.05) is 6.54 Å². The van der Waals surface area contributed by atoms with Crippen molar-refractivity contribution in [2.45, 2.75) is 39.7 Å². The molecule has 0 radical (unpaired) electrons. The maximum Gasteiger partial charge on any atom is 0.0410 e. The zero-order valence-corrected chi connectivity index (χ0v) is 11.9. The first-order valence-corrected chi connectivity index (χ1v) is 6.79. The van der Waals surface area contributed by atoms with E-state index in [1.54, 1.807) is 0 Å². The maximum atomic E-state index is 4.21. The molecule has 90 valence electrons. The number of hydrogen-bond acceptors (Lipinski definition) is 2. The van der Waals surface area contributed by atoms with E-state index in [2.05, 4.69) is 53.1 Å². The number of hydrogen-bond donors (Lipinski definition) is 1. The fraction of sp³-hybridized carbons (Fsp3) is 0.615. The molecule has 0 aliphatic heterocycles. The smallest absolute Gasteiger partial charge is 0.0410 e. The molecule has 0 fully saturated rings. The maximum absolute atomic E-state index is 4.21. The summed E-state index contributed by atoms with van der Waals surface area (Å²) < 4.78 is 1.07. The minimum absolute atomic E-state index is 0.564. The summed E-state index contributed by atoms with van der Waals surface area (Å²) in [6.45, 7) is 7.71. The fourth-order valence-electron chi connectivity index (χ4n) is 2.03. The highest BCUT2D eigenvalue weighted by atomic mass is 79.9. The van der Waals surface area contributed by atoms with Gasteiger partial charge in [-0.15, -0.1) is 0 Å². The predicted octanol–water partition coefficient (Wildman–Crippen LogP) is 3.41. The average Bonchev–Trinajstić information content (AvgIpc) is 2.26. The van der Waals surface area contributed by atoms with Crippen LogP contribution < -0.4 is 5.32 Å². The Morgan fingerprint density at radius 3 is 2.69 bits per heavy atom. The second kappa shape index (κ2) is 7.02. The van der Waals surface area contributed by atoms with Crippen molar-refractivity contribution in [3.8, 4) is 0 Å². The van der Waals surface area contributed by atoms with E-state index in [-0.39, 0.29) is 0 Å². The third kappa shape index (κ3) is 4.22. The second-order valence-electron chi connectivity index (χ2n) is 4.23. The van der Waals surface area contributed by atoms with Gasteiger partial charge in [-0.3, -0.25) is 4.98 Å². The van der Waals surface area contributed by atoms with Gasteiger partial charge in [0, 0.05) is 22.9 Å². The number of nitrogens with one attached hydrogen (secondary N) is 1. The molecule has 0 aliphatic carbocycles. The Balaban J connectivity index is 2.62. The molecule has 1 aromatic heterocycles. The summed E-state index contributed by atoms with van der Waals surface area (Å²) in [4.78, 5) is 4.21. The van der Waals surface area contributed by atoms with Gasteiger partial charge in [0.05, 0.1) is 0 Å². The zero-order chi connectivity index (χ0) is 12.0. The largest absolute Gasteiger partial charge is 0.314 e. The molecule has 0 amide bonds. The van der Waals surface area contributed by atoms with E-state index in [1.165, 1.54) is 12.0 Å². The molecule has 2 nitrogen and oxygen atoms in total. The summed E-state index contributed by atoms with van der Waals surface area (Å²) in [6, 6.07) is 2.72.